The minimum absolute atomic E-state index is 0. The average Bonchev–Trinajstić information content (AvgIpc) is 2.26. The third kappa shape index (κ3) is 5.77. The van der Waals surface area contributed by atoms with Crippen LogP contribution in [-0.4, -0.2) is 21.0 Å². The molecular weight excluding hydrogens is 336 g/mol. The molecule has 1 aromatic rings. The lowest BCUT2D eigenvalue weighted by Gasteiger charge is -2.12. The van der Waals surface area contributed by atoms with E-state index in [1.165, 1.54) is 0 Å². The van der Waals surface area contributed by atoms with Crippen molar-refractivity contribution in [2.24, 2.45) is 5.73 Å². The Labute approximate surface area is 126 Å². The second kappa shape index (κ2) is 7.39. The first-order valence-corrected chi connectivity index (χ1v) is 7.14. The fourth-order valence-corrected chi connectivity index (χ4v) is 2.47. The molecule has 4 nitrogen and oxygen atoms in total. The lowest BCUT2D eigenvalue weighted by atomic mass is 10.2. The summed E-state index contributed by atoms with van der Waals surface area (Å²) in [7, 11) is -4.13. The van der Waals surface area contributed by atoms with Crippen LogP contribution in [0.25, 0.3) is 0 Å². The average molecular weight is 351 g/mol. The molecule has 0 amide bonds. The summed E-state index contributed by atoms with van der Waals surface area (Å²) in [4.78, 5) is -0.643. The van der Waals surface area contributed by atoms with Crippen LogP contribution in [0, 0.1) is 5.82 Å². The van der Waals surface area contributed by atoms with Crippen molar-refractivity contribution in [3.05, 3.63) is 29.6 Å². The van der Waals surface area contributed by atoms with Crippen LogP contribution in [-0.2, 0) is 16.2 Å². The molecule has 10 heteroatoms. The van der Waals surface area contributed by atoms with Gasteiger partial charge in [-0.3, -0.25) is 0 Å². The van der Waals surface area contributed by atoms with Gasteiger partial charge >= 0.3 is 6.18 Å². The summed E-state index contributed by atoms with van der Waals surface area (Å²) >= 11 is 0. The van der Waals surface area contributed by atoms with Gasteiger partial charge in [-0.25, -0.2) is 17.5 Å². The molecule has 0 aliphatic carbocycles. The number of hydrogen-bond donors (Lipinski definition) is 2. The zero-order valence-electron chi connectivity index (χ0n) is 10.9. The number of alkyl halides is 3. The topological polar surface area (TPSA) is 72.2 Å². The highest BCUT2D eigenvalue weighted by Gasteiger charge is 2.35. The van der Waals surface area contributed by atoms with Crippen LogP contribution in [0.3, 0.4) is 0 Å². The van der Waals surface area contributed by atoms with Gasteiger partial charge in [-0.1, -0.05) is 0 Å². The van der Waals surface area contributed by atoms with E-state index in [4.69, 9.17) is 5.73 Å². The molecule has 0 saturated heterocycles. The maximum atomic E-state index is 13.1. The number of halogens is 5. The summed E-state index contributed by atoms with van der Waals surface area (Å²) in [5.41, 5.74) is 3.81. The first kappa shape index (κ1) is 20.1. The van der Waals surface area contributed by atoms with Crippen LogP contribution < -0.4 is 10.5 Å². The van der Waals surface area contributed by atoms with Gasteiger partial charge in [0.05, 0.1) is 10.5 Å². The lowest BCUT2D eigenvalue weighted by molar-refractivity contribution is -0.140. The zero-order chi connectivity index (χ0) is 15.6. The van der Waals surface area contributed by atoms with E-state index in [1.54, 1.807) is 6.92 Å². The molecule has 0 saturated carbocycles. The molecule has 0 heterocycles. The van der Waals surface area contributed by atoms with E-state index in [0.717, 1.165) is 6.07 Å². The Balaban J connectivity index is 0.00000400. The minimum Gasteiger partial charge on any atom is -0.328 e. The molecular formula is C11H15ClF4N2O2S. The normalized spacial score (nSPS) is 13.6. The number of hydrogen-bond acceptors (Lipinski definition) is 3. The highest BCUT2D eigenvalue weighted by molar-refractivity contribution is 7.89. The predicted octanol–water partition coefficient (Wildman–Crippen LogP) is 2.28. The summed E-state index contributed by atoms with van der Waals surface area (Å²) in [6.07, 6.45) is -4.63. The molecule has 122 valence electrons. The minimum atomic E-state index is -4.96. The number of nitrogens with two attached hydrogens (primary N) is 1. The van der Waals surface area contributed by atoms with Crippen molar-refractivity contribution >= 4 is 22.4 Å². The van der Waals surface area contributed by atoms with Crippen LogP contribution in [0.5, 0.6) is 0 Å². The molecule has 21 heavy (non-hydrogen) atoms. The van der Waals surface area contributed by atoms with Gasteiger partial charge in [-0.05, 0) is 31.5 Å². The summed E-state index contributed by atoms with van der Waals surface area (Å²) in [5, 5.41) is 0. The van der Waals surface area contributed by atoms with E-state index in [1.807, 2.05) is 0 Å². The number of nitrogens with one attached hydrogen (secondary N) is 1. The van der Waals surface area contributed by atoms with E-state index < -0.39 is 32.5 Å². The van der Waals surface area contributed by atoms with Crippen LogP contribution in [0.4, 0.5) is 17.6 Å². The van der Waals surface area contributed by atoms with Crippen molar-refractivity contribution in [3.8, 4) is 0 Å². The Hall–Kier alpha value is -0.900. The Kier molecular flexibility index (Phi) is 7.07. The highest BCUT2D eigenvalue weighted by atomic mass is 35.5. The summed E-state index contributed by atoms with van der Waals surface area (Å²) in [6.45, 7) is 1.65. The number of benzene rings is 1. The first-order chi connectivity index (χ1) is 9.04. The van der Waals surface area contributed by atoms with Gasteiger partial charge in [-0.15, -0.1) is 12.4 Å². The van der Waals surface area contributed by atoms with Crippen LogP contribution in [0.15, 0.2) is 23.1 Å². The molecule has 0 spiro atoms. The number of sulfonamides is 1. The van der Waals surface area contributed by atoms with E-state index in [2.05, 4.69) is 4.72 Å². The Bertz CT molecular complexity index is 576. The fourth-order valence-electron chi connectivity index (χ4n) is 1.39. The van der Waals surface area contributed by atoms with Crippen molar-refractivity contribution in [3.63, 3.8) is 0 Å². The van der Waals surface area contributed by atoms with Gasteiger partial charge in [0.1, 0.15) is 5.82 Å². The number of rotatable bonds is 5. The molecule has 0 fully saturated rings. The lowest BCUT2D eigenvalue weighted by Crippen LogP contribution is -2.29. The summed E-state index contributed by atoms with van der Waals surface area (Å²) in [6, 6.07) is 1.27. The Morgan fingerprint density at radius 3 is 2.38 bits per heavy atom. The first-order valence-electron chi connectivity index (χ1n) is 5.66. The molecule has 0 aromatic heterocycles. The van der Waals surface area contributed by atoms with Crippen LogP contribution in [0.2, 0.25) is 0 Å². The molecule has 1 unspecified atom stereocenters. The molecule has 0 aliphatic rings. The second-order valence-electron chi connectivity index (χ2n) is 4.30. The van der Waals surface area contributed by atoms with E-state index in [0.29, 0.717) is 12.5 Å². The third-order valence-corrected chi connectivity index (χ3v) is 3.90. The van der Waals surface area contributed by atoms with Gasteiger partial charge in [-0.2, -0.15) is 13.2 Å². The molecule has 0 radical (unpaired) electrons. The predicted molar refractivity (Wildman–Crippen MR) is 72.1 cm³/mol. The second-order valence-corrected chi connectivity index (χ2v) is 6.07. The zero-order valence-corrected chi connectivity index (χ0v) is 12.6. The maximum absolute atomic E-state index is 13.1. The maximum Gasteiger partial charge on any atom is 0.419 e. The van der Waals surface area contributed by atoms with Gasteiger partial charge in [0.15, 0.2) is 0 Å². The Morgan fingerprint density at radius 1 is 1.33 bits per heavy atom. The fraction of sp³-hybridized carbons (Fsp3) is 0.455. The van der Waals surface area contributed by atoms with Gasteiger partial charge in [0, 0.05) is 12.6 Å². The van der Waals surface area contributed by atoms with E-state index in [-0.39, 0.29) is 31.1 Å². The van der Waals surface area contributed by atoms with Gasteiger partial charge in [0.25, 0.3) is 0 Å². The Morgan fingerprint density at radius 2 is 1.90 bits per heavy atom. The van der Waals surface area contributed by atoms with Crippen molar-refractivity contribution in [1.82, 2.24) is 4.72 Å². The van der Waals surface area contributed by atoms with Gasteiger partial charge < -0.3 is 5.73 Å². The van der Waals surface area contributed by atoms with E-state index in [9.17, 15) is 26.0 Å². The van der Waals surface area contributed by atoms with E-state index >= 15 is 0 Å². The quantitative estimate of drug-likeness (QED) is 0.800. The highest BCUT2D eigenvalue weighted by Crippen LogP contribution is 2.32. The standard InChI is InChI=1S/C11H14F4N2O2S.ClH/c1-7(16)4-5-17-20(18,19)8-2-3-10(12)9(6-8)11(13,14)15;/h2-3,6-7,17H,4-5,16H2,1H3;1H. The molecule has 1 rings (SSSR count). The monoisotopic (exact) mass is 350 g/mol. The molecule has 0 aliphatic heterocycles. The SMILES string of the molecule is CC(N)CCNS(=O)(=O)c1ccc(F)c(C(F)(F)F)c1.Cl. The molecule has 1 aromatic carbocycles. The van der Waals surface area contributed by atoms with Crippen LogP contribution in [0.1, 0.15) is 18.9 Å². The molecule has 3 N–H and O–H groups in total. The smallest absolute Gasteiger partial charge is 0.328 e. The summed E-state index contributed by atoms with van der Waals surface area (Å²) < 4.78 is 76.2. The van der Waals surface area contributed by atoms with Crippen molar-refractivity contribution in [2.75, 3.05) is 6.54 Å². The third-order valence-electron chi connectivity index (χ3n) is 2.45. The largest absolute Gasteiger partial charge is 0.419 e. The van der Waals surface area contributed by atoms with Crippen molar-refractivity contribution in [2.45, 2.75) is 30.5 Å². The van der Waals surface area contributed by atoms with Crippen LogP contribution >= 0.6 is 12.4 Å². The summed E-state index contributed by atoms with van der Waals surface area (Å²) in [5.74, 6) is -1.52. The van der Waals surface area contributed by atoms with Crippen molar-refractivity contribution in [1.29, 1.82) is 0 Å². The molecule has 1 atom stereocenters. The van der Waals surface area contributed by atoms with Crippen molar-refractivity contribution < 1.29 is 26.0 Å². The van der Waals surface area contributed by atoms with Gasteiger partial charge in [0.2, 0.25) is 10.0 Å². The molecule has 0 bridgehead atoms.